The Morgan fingerprint density at radius 3 is 2.52 bits per heavy atom. The number of benzene rings is 2. The van der Waals surface area contributed by atoms with Crippen molar-refractivity contribution in [3.63, 3.8) is 0 Å². The van der Waals surface area contributed by atoms with Crippen LogP contribution in [0.5, 0.6) is 0 Å². The minimum absolute atomic E-state index is 0.0661. The van der Waals surface area contributed by atoms with Crippen LogP contribution in [0, 0.1) is 0 Å². The first-order chi connectivity index (χ1) is 12.2. The largest absolute Gasteiger partial charge is 0.380 e. The predicted octanol–water partition coefficient (Wildman–Crippen LogP) is 4.49. The van der Waals surface area contributed by atoms with E-state index in [9.17, 15) is 4.79 Å². The van der Waals surface area contributed by atoms with E-state index in [0.717, 1.165) is 30.0 Å². The lowest BCUT2D eigenvalue weighted by Gasteiger charge is -2.29. The van der Waals surface area contributed by atoms with Gasteiger partial charge in [-0.25, -0.2) is 0 Å². The number of nitrogens with one attached hydrogen (secondary N) is 2. The molecule has 2 N–H and O–H groups in total. The van der Waals surface area contributed by atoms with Crippen LogP contribution in [0.3, 0.4) is 0 Å². The zero-order valence-corrected chi connectivity index (χ0v) is 14.7. The Bertz CT molecular complexity index is 763. The molecule has 1 fully saturated rings. The van der Waals surface area contributed by atoms with Crippen molar-refractivity contribution in [2.24, 2.45) is 0 Å². The second kappa shape index (κ2) is 6.79. The van der Waals surface area contributed by atoms with Crippen LogP contribution < -0.4 is 15.5 Å². The second-order valence-corrected chi connectivity index (χ2v) is 7.12. The molecule has 2 aliphatic heterocycles. The summed E-state index contributed by atoms with van der Waals surface area (Å²) in [6, 6.07) is 15.0. The predicted molar refractivity (Wildman–Crippen MR) is 104 cm³/mol. The SMILES string of the molecule is C[C@@H]1CC(=O)Nc2cccc(-c3ccc(N4CCCCC4)cc3)c2N1. The summed E-state index contributed by atoms with van der Waals surface area (Å²) in [4.78, 5) is 14.4. The van der Waals surface area contributed by atoms with Crippen LogP contribution in [0.2, 0.25) is 0 Å². The molecule has 0 saturated carbocycles. The molecule has 2 aliphatic rings. The Hall–Kier alpha value is -2.49. The van der Waals surface area contributed by atoms with E-state index in [4.69, 9.17) is 0 Å². The van der Waals surface area contributed by atoms with Crippen LogP contribution in [0.1, 0.15) is 32.6 Å². The molecule has 0 bridgehead atoms. The van der Waals surface area contributed by atoms with Gasteiger partial charge >= 0.3 is 0 Å². The summed E-state index contributed by atoms with van der Waals surface area (Å²) in [5, 5.41) is 6.52. The smallest absolute Gasteiger partial charge is 0.226 e. The minimum atomic E-state index is 0.0661. The van der Waals surface area contributed by atoms with Crippen molar-refractivity contribution in [1.82, 2.24) is 0 Å². The fraction of sp³-hybridized carbons (Fsp3) is 0.381. The zero-order chi connectivity index (χ0) is 17.2. The lowest BCUT2D eigenvalue weighted by atomic mass is 10.0. The summed E-state index contributed by atoms with van der Waals surface area (Å²) >= 11 is 0. The van der Waals surface area contributed by atoms with E-state index in [1.165, 1.54) is 30.5 Å². The van der Waals surface area contributed by atoms with E-state index in [0.29, 0.717) is 6.42 Å². The molecule has 0 aromatic heterocycles. The molecule has 2 aromatic carbocycles. The maximum absolute atomic E-state index is 12.0. The standard InChI is InChI=1S/C21H25N3O/c1-15-14-20(25)23-19-7-5-6-18(21(19)22-15)16-8-10-17(11-9-16)24-12-3-2-4-13-24/h5-11,15,22H,2-4,12-14H2,1H3,(H,23,25)/t15-/m1/s1. The number of fused-ring (bicyclic) bond motifs is 1. The van der Waals surface area contributed by atoms with E-state index in [2.05, 4.69) is 45.9 Å². The Morgan fingerprint density at radius 2 is 1.76 bits per heavy atom. The highest BCUT2D eigenvalue weighted by molar-refractivity contribution is 6.00. The zero-order valence-electron chi connectivity index (χ0n) is 14.7. The first kappa shape index (κ1) is 16.0. The molecule has 2 aromatic rings. The summed E-state index contributed by atoms with van der Waals surface area (Å²) in [5.41, 5.74) is 5.50. The number of para-hydroxylation sites is 1. The lowest BCUT2D eigenvalue weighted by molar-refractivity contribution is -0.116. The van der Waals surface area contributed by atoms with Gasteiger partial charge < -0.3 is 15.5 Å². The van der Waals surface area contributed by atoms with Crippen molar-refractivity contribution in [3.05, 3.63) is 42.5 Å². The molecule has 0 unspecified atom stereocenters. The summed E-state index contributed by atoms with van der Waals surface area (Å²) in [6.07, 6.45) is 4.41. The Labute approximate surface area is 149 Å². The van der Waals surface area contributed by atoms with Gasteiger partial charge in [-0.3, -0.25) is 4.79 Å². The van der Waals surface area contributed by atoms with Gasteiger partial charge in [-0.05, 0) is 49.9 Å². The fourth-order valence-electron chi connectivity index (χ4n) is 3.83. The third-order valence-corrected chi connectivity index (χ3v) is 5.12. The molecule has 25 heavy (non-hydrogen) atoms. The van der Waals surface area contributed by atoms with Crippen LogP contribution in [-0.4, -0.2) is 25.0 Å². The molecule has 0 radical (unpaired) electrons. The number of amides is 1. The van der Waals surface area contributed by atoms with Crippen molar-refractivity contribution in [2.75, 3.05) is 28.6 Å². The van der Waals surface area contributed by atoms with Crippen LogP contribution in [0.25, 0.3) is 11.1 Å². The van der Waals surface area contributed by atoms with E-state index in [1.54, 1.807) is 0 Å². The highest BCUT2D eigenvalue weighted by atomic mass is 16.1. The Morgan fingerprint density at radius 1 is 1.00 bits per heavy atom. The monoisotopic (exact) mass is 335 g/mol. The van der Waals surface area contributed by atoms with Gasteiger partial charge in [0.05, 0.1) is 11.4 Å². The Balaban J connectivity index is 1.66. The maximum Gasteiger partial charge on any atom is 0.226 e. The summed E-state index contributed by atoms with van der Waals surface area (Å²) in [6.45, 7) is 4.36. The van der Waals surface area contributed by atoms with Gasteiger partial charge in [0, 0.05) is 36.8 Å². The molecule has 130 valence electrons. The molecule has 2 heterocycles. The van der Waals surface area contributed by atoms with Gasteiger partial charge in [-0.15, -0.1) is 0 Å². The fourth-order valence-corrected chi connectivity index (χ4v) is 3.83. The first-order valence-electron chi connectivity index (χ1n) is 9.25. The number of hydrogen-bond acceptors (Lipinski definition) is 3. The Kier molecular flexibility index (Phi) is 4.35. The molecular formula is C21H25N3O. The quantitative estimate of drug-likeness (QED) is 0.850. The average molecular weight is 335 g/mol. The maximum atomic E-state index is 12.0. The van der Waals surface area contributed by atoms with E-state index >= 15 is 0 Å². The number of nitrogens with zero attached hydrogens (tertiary/aromatic N) is 1. The molecule has 1 saturated heterocycles. The van der Waals surface area contributed by atoms with Crippen molar-refractivity contribution in [1.29, 1.82) is 0 Å². The highest BCUT2D eigenvalue weighted by Gasteiger charge is 2.20. The number of hydrogen-bond donors (Lipinski definition) is 2. The first-order valence-corrected chi connectivity index (χ1v) is 9.25. The average Bonchev–Trinajstić information content (AvgIpc) is 2.78. The van der Waals surface area contributed by atoms with Gasteiger partial charge in [0.25, 0.3) is 0 Å². The molecule has 0 aliphatic carbocycles. The molecule has 0 spiro atoms. The number of anilines is 3. The van der Waals surface area contributed by atoms with Crippen molar-refractivity contribution in [3.8, 4) is 11.1 Å². The minimum Gasteiger partial charge on any atom is -0.380 e. The lowest BCUT2D eigenvalue weighted by Crippen LogP contribution is -2.29. The van der Waals surface area contributed by atoms with Gasteiger partial charge in [-0.2, -0.15) is 0 Å². The molecule has 1 atom stereocenters. The second-order valence-electron chi connectivity index (χ2n) is 7.12. The molecule has 4 rings (SSSR count). The number of piperidine rings is 1. The van der Waals surface area contributed by atoms with Gasteiger partial charge in [0.15, 0.2) is 0 Å². The van der Waals surface area contributed by atoms with Crippen molar-refractivity contribution >= 4 is 23.0 Å². The number of carbonyl (C=O) groups excluding carboxylic acids is 1. The highest BCUT2D eigenvalue weighted by Crippen LogP contribution is 2.37. The van der Waals surface area contributed by atoms with Gasteiger partial charge in [-0.1, -0.05) is 24.3 Å². The van der Waals surface area contributed by atoms with Gasteiger partial charge in [0.2, 0.25) is 5.91 Å². The normalized spacial score (nSPS) is 20.3. The molecule has 1 amide bonds. The van der Waals surface area contributed by atoms with Crippen LogP contribution >= 0.6 is 0 Å². The molecular weight excluding hydrogens is 310 g/mol. The third-order valence-electron chi connectivity index (χ3n) is 5.12. The summed E-state index contributed by atoms with van der Waals surface area (Å²) < 4.78 is 0. The van der Waals surface area contributed by atoms with Crippen LogP contribution in [0.15, 0.2) is 42.5 Å². The third kappa shape index (κ3) is 3.34. The summed E-state index contributed by atoms with van der Waals surface area (Å²) in [7, 11) is 0. The van der Waals surface area contributed by atoms with E-state index < -0.39 is 0 Å². The van der Waals surface area contributed by atoms with E-state index in [-0.39, 0.29) is 11.9 Å². The topological polar surface area (TPSA) is 44.4 Å². The van der Waals surface area contributed by atoms with Crippen molar-refractivity contribution < 1.29 is 4.79 Å². The van der Waals surface area contributed by atoms with Crippen LogP contribution in [0.4, 0.5) is 17.1 Å². The van der Waals surface area contributed by atoms with Gasteiger partial charge in [0.1, 0.15) is 0 Å². The van der Waals surface area contributed by atoms with Crippen molar-refractivity contribution in [2.45, 2.75) is 38.6 Å². The number of rotatable bonds is 2. The molecule has 4 heteroatoms. The van der Waals surface area contributed by atoms with E-state index in [1.807, 2.05) is 19.1 Å². The molecule has 4 nitrogen and oxygen atoms in total. The van der Waals surface area contributed by atoms with Crippen LogP contribution in [-0.2, 0) is 4.79 Å². The number of carbonyl (C=O) groups is 1. The summed E-state index contributed by atoms with van der Waals surface area (Å²) in [5.74, 6) is 0.0661.